The molecule has 6 heteroatoms. The minimum Gasteiger partial charge on any atom is -0.478 e. The van der Waals surface area contributed by atoms with Crippen molar-refractivity contribution in [2.45, 2.75) is 6.42 Å². The number of carbonyl (C=O) groups is 1. The van der Waals surface area contributed by atoms with Crippen molar-refractivity contribution < 1.29 is 14.3 Å². The Balaban J connectivity index is 1.71. The van der Waals surface area contributed by atoms with Gasteiger partial charge >= 0.3 is 5.97 Å². The first-order valence-corrected chi connectivity index (χ1v) is 9.19. The molecule has 1 heterocycles. The molecule has 0 amide bonds. The molecule has 0 saturated heterocycles. The normalized spacial score (nSPS) is 10.8. The zero-order valence-electron chi connectivity index (χ0n) is 15.5. The van der Waals surface area contributed by atoms with Gasteiger partial charge in [-0.25, -0.2) is 19.2 Å². The molecule has 0 radical (unpaired) electrons. The second kappa shape index (κ2) is 8.06. The number of hydrogen-bond acceptors (Lipinski definition) is 4. The summed E-state index contributed by atoms with van der Waals surface area (Å²) in [6.45, 7) is 0.622. The van der Waals surface area contributed by atoms with Crippen molar-refractivity contribution >= 4 is 22.8 Å². The molecule has 4 rings (SSSR count). The lowest BCUT2D eigenvalue weighted by atomic mass is 10.1. The smallest absolute Gasteiger partial charge is 0.335 e. The second-order valence-corrected chi connectivity index (χ2v) is 6.60. The molecule has 0 aliphatic carbocycles. The number of nitrogens with one attached hydrogen (secondary N) is 1. The van der Waals surface area contributed by atoms with Crippen LogP contribution in [0, 0.1) is 5.82 Å². The highest BCUT2D eigenvalue weighted by atomic mass is 19.1. The number of benzene rings is 3. The lowest BCUT2D eigenvalue weighted by Crippen LogP contribution is -2.09. The molecule has 1 aromatic heterocycles. The number of anilines is 1. The number of fused-ring (bicyclic) bond motifs is 1. The van der Waals surface area contributed by atoms with E-state index in [1.165, 1.54) is 29.8 Å². The number of aromatic nitrogens is 2. The fourth-order valence-electron chi connectivity index (χ4n) is 3.09. The summed E-state index contributed by atoms with van der Waals surface area (Å²) >= 11 is 0. The fraction of sp³-hybridized carbons (Fsp3) is 0.0870. The first kappa shape index (κ1) is 18.6. The lowest BCUT2D eigenvalue weighted by molar-refractivity contribution is 0.0697. The summed E-state index contributed by atoms with van der Waals surface area (Å²) in [5.74, 6) is -0.815. The summed E-state index contributed by atoms with van der Waals surface area (Å²) in [5.41, 5.74) is 3.71. The van der Waals surface area contributed by atoms with Crippen molar-refractivity contribution in [3.8, 4) is 11.3 Å². The molecule has 0 aliphatic heterocycles. The van der Waals surface area contributed by atoms with E-state index in [2.05, 4.69) is 15.3 Å². The Kier molecular flexibility index (Phi) is 5.16. The minimum absolute atomic E-state index is 0.150. The largest absolute Gasteiger partial charge is 0.478 e. The van der Waals surface area contributed by atoms with Crippen LogP contribution in [-0.2, 0) is 6.42 Å². The third-order valence-corrected chi connectivity index (χ3v) is 4.58. The van der Waals surface area contributed by atoms with E-state index in [9.17, 15) is 14.3 Å². The van der Waals surface area contributed by atoms with Crippen molar-refractivity contribution in [1.82, 2.24) is 9.97 Å². The van der Waals surface area contributed by atoms with Gasteiger partial charge in [-0.15, -0.1) is 0 Å². The zero-order chi connectivity index (χ0) is 20.2. The number of rotatable bonds is 6. The van der Waals surface area contributed by atoms with E-state index in [0.717, 1.165) is 12.0 Å². The molecule has 0 saturated carbocycles. The summed E-state index contributed by atoms with van der Waals surface area (Å²) in [6, 6.07) is 20.7. The molecule has 2 N–H and O–H groups in total. The van der Waals surface area contributed by atoms with Crippen LogP contribution < -0.4 is 5.32 Å². The zero-order valence-corrected chi connectivity index (χ0v) is 15.5. The monoisotopic (exact) mass is 387 g/mol. The lowest BCUT2D eigenvalue weighted by Gasteiger charge is -2.12. The van der Waals surface area contributed by atoms with Gasteiger partial charge in [-0.3, -0.25) is 0 Å². The van der Waals surface area contributed by atoms with E-state index in [4.69, 9.17) is 0 Å². The standard InChI is InChI=1S/C23H18FN3O2/c24-18-9-6-16(7-10-18)21-22(25-13-12-15-4-2-1-3-5-15)27-20-14-17(23(28)29)8-11-19(20)26-21/h1-11,14H,12-13H2,(H,25,27)(H,28,29). The Bertz CT molecular complexity index is 1160. The van der Waals surface area contributed by atoms with Crippen LogP contribution in [-0.4, -0.2) is 27.6 Å². The Hall–Kier alpha value is -3.80. The van der Waals surface area contributed by atoms with Crippen LogP contribution in [0.2, 0.25) is 0 Å². The maximum atomic E-state index is 13.4. The Morgan fingerprint density at radius 1 is 0.931 bits per heavy atom. The maximum absolute atomic E-state index is 13.4. The van der Waals surface area contributed by atoms with Crippen LogP contribution in [0.25, 0.3) is 22.3 Å². The van der Waals surface area contributed by atoms with Crippen LogP contribution in [0.4, 0.5) is 10.2 Å². The second-order valence-electron chi connectivity index (χ2n) is 6.60. The van der Waals surface area contributed by atoms with Crippen molar-refractivity contribution in [1.29, 1.82) is 0 Å². The Morgan fingerprint density at radius 3 is 2.41 bits per heavy atom. The van der Waals surface area contributed by atoms with Gasteiger partial charge in [-0.2, -0.15) is 0 Å². The SMILES string of the molecule is O=C(O)c1ccc2nc(-c3ccc(F)cc3)c(NCCc3ccccc3)nc2c1. The Morgan fingerprint density at radius 2 is 1.69 bits per heavy atom. The molecule has 0 aliphatic rings. The highest BCUT2D eigenvalue weighted by molar-refractivity contribution is 5.93. The summed E-state index contributed by atoms with van der Waals surface area (Å²) < 4.78 is 13.4. The number of aromatic carboxylic acids is 1. The van der Waals surface area contributed by atoms with E-state index < -0.39 is 5.97 Å². The van der Waals surface area contributed by atoms with Crippen LogP contribution in [0.1, 0.15) is 15.9 Å². The van der Waals surface area contributed by atoms with E-state index in [1.54, 1.807) is 18.2 Å². The molecule has 144 valence electrons. The number of carboxylic acid groups (broad SMARTS) is 1. The van der Waals surface area contributed by atoms with Gasteiger partial charge in [0.05, 0.1) is 16.6 Å². The van der Waals surface area contributed by atoms with Gasteiger partial charge in [0.1, 0.15) is 11.5 Å². The molecule has 4 aromatic rings. The first-order valence-electron chi connectivity index (χ1n) is 9.19. The third kappa shape index (κ3) is 4.21. The van der Waals surface area contributed by atoms with Gasteiger partial charge < -0.3 is 10.4 Å². The molecule has 0 fully saturated rings. The topological polar surface area (TPSA) is 75.1 Å². The van der Waals surface area contributed by atoms with Crippen molar-refractivity contribution in [3.05, 3.63) is 89.7 Å². The first-order chi connectivity index (χ1) is 14.1. The minimum atomic E-state index is -1.02. The quantitative estimate of drug-likeness (QED) is 0.498. The highest BCUT2D eigenvalue weighted by Gasteiger charge is 2.13. The average Bonchev–Trinajstić information content (AvgIpc) is 2.74. The van der Waals surface area contributed by atoms with Crippen LogP contribution in [0.5, 0.6) is 0 Å². The van der Waals surface area contributed by atoms with E-state index in [0.29, 0.717) is 29.1 Å². The molecule has 0 bridgehead atoms. The predicted molar refractivity (Wildman–Crippen MR) is 111 cm³/mol. The summed E-state index contributed by atoms with van der Waals surface area (Å²) in [4.78, 5) is 20.6. The maximum Gasteiger partial charge on any atom is 0.335 e. The average molecular weight is 387 g/mol. The number of hydrogen-bond donors (Lipinski definition) is 2. The van der Waals surface area contributed by atoms with Gasteiger partial charge in [0.15, 0.2) is 5.82 Å². The van der Waals surface area contributed by atoms with Crippen LogP contribution >= 0.6 is 0 Å². The molecule has 3 aromatic carbocycles. The van der Waals surface area contributed by atoms with Gasteiger partial charge in [-0.1, -0.05) is 30.3 Å². The van der Waals surface area contributed by atoms with E-state index in [1.807, 2.05) is 30.3 Å². The molecule has 0 spiro atoms. The van der Waals surface area contributed by atoms with E-state index >= 15 is 0 Å². The summed E-state index contributed by atoms with van der Waals surface area (Å²) in [7, 11) is 0. The van der Waals surface area contributed by atoms with Crippen LogP contribution in [0.3, 0.4) is 0 Å². The number of halogens is 1. The molecule has 5 nitrogen and oxygen atoms in total. The van der Waals surface area contributed by atoms with Gasteiger partial charge in [-0.05, 0) is 54.4 Å². The van der Waals surface area contributed by atoms with Crippen molar-refractivity contribution in [2.24, 2.45) is 0 Å². The van der Waals surface area contributed by atoms with Crippen molar-refractivity contribution in [3.63, 3.8) is 0 Å². The van der Waals surface area contributed by atoms with Crippen LogP contribution in [0.15, 0.2) is 72.8 Å². The van der Waals surface area contributed by atoms with Crippen molar-refractivity contribution in [2.75, 3.05) is 11.9 Å². The highest BCUT2D eigenvalue weighted by Crippen LogP contribution is 2.27. The molecule has 29 heavy (non-hydrogen) atoms. The summed E-state index contributed by atoms with van der Waals surface area (Å²) in [5, 5.41) is 12.5. The molecule has 0 atom stereocenters. The number of carboxylic acids is 1. The van der Waals surface area contributed by atoms with Gasteiger partial charge in [0, 0.05) is 12.1 Å². The molecule has 0 unspecified atom stereocenters. The van der Waals surface area contributed by atoms with Gasteiger partial charge in [0.25, 0.3) is 0 Å². The summed E-state index contributed by atoms with van der Waals surface area (Å²) in [6.07, 6.45) is 0.790. The van der Waals surface area contributed by atoms with Gasteiger partial charge in [0.2, 0.25) is 0 Å². The number of nitrogens with zero attached hydrogens (tertiary/aromatic N) is 2. The van der Waals surface area contributed by atoms with E-state index in [-0.39, 0.29) is 11.4 Å². The fourth-order valence-corrected chi connectivity index (χ4v) is 3.09. The Labute approximate surface area is 166 Å². The molecular weight excluding hydrogens is 369 g/mol. The molecular formula is C23H18FN3O2. The third-order valence-electron chi connectivity index (χ3n) is 4.58. The predicted octanol–water partition coefficient (Wildman–Crippen LogP) is 4.79.